The average molecular weight is 223 g/mol. The number of nitrogens with two attached hydrogens (primary N) is 2. The fourth-order valence-corrected chi connectivity index (χ4v) is 1.12. The van der Waals surface area contributed by atoms with Gasteiger partial charge in [0.25, 0.3) is 5.96 Å². The Morgan fingerprint density at radius 1 is 1.25 bits per heavy atom. The standard InChI is InChI=1S/C10H14N4O2/c1-15-8-4-3-7(5-9(8)16-2)6-13-14-10(11)12/h3-6H,1-2H3,(H4,11,12,14)/p+1. The number of hydrogen-bond acceptors (Lipinski definition) is 3. The Morgan fingerprint density at radius 3 is 2.50 bits per heavy atom. The second-order valence-corrected chi connectivity index (χ2v) is 2.92. The van der Waals surface area contributed by atoms with Crippen molar-refractivity contribution in [3.8, 4) is 11.5 Å². The van der Waals surface area contributed by atoms with Crippen LogP contribution in [0, 0.1) is 0 Å². The SMILES string of the molecule is COc1ccc(C=[NH+]N=C(N)N)cc1OC. The predicted octanol–water partition coefficient (Wildman–Crippen LogP) is -1.61. The highest BCUT2D eigenvalue weighted by atomic mass is 16.5. The Balaban J connectivity index is 2.91. The Hall–Kier alpha value is -2.24. The highest BCUT2D eigenvalue weighted by Gasteiger charge is 2.04. The molecular formula is C10H15N4O2+. The van der Waals surface area contributed by atoms with Gasteiger partial charge in [-0.05, 0) is 18.2 Å². The molecule has 1 aromatic carbocycles. The Kier molecular flexibility index (Phi) is 4.14. The zero-order chi connectivity index (χ0) is 12.0. The fourth-order valence-electron chi connectivity index (χ4n) is 1.12. The summed E-state index contributed by atoms with van der Waals surface area (Å²) in [7, 11) is 3.16. The molecule has 0 aliphatic carbocycles. The molecular weight excluding hydrogens is 208 g/mol. The van der Waals surface area contributed by atoms with Gasteiger partial charge in [0.15, 0.2) is 11.5 Å². The first-order chi connectivity index (χ1) is 7.67. The van der Waals surface area contributed by atoms with E-state index in [0.29, 0.717) is 11.5 Å². The van der Waals surface area contributed by atoms with Gasteiger partial charge in [-0.3, -0.25) is 0 Å². The number of ether oxygens (including phenoxy) is 2. The van der Waals surface area contributed by atoms with Crippen molar-refractivity contribution >= 4 is 12.2 Å². The minimum Gasteiger partial charge on any atom is -0.493 e. The van der Waals surface area contributed by atoms with Crippen molar-refractivity contribution in [2.24, 2.45) is 16.6 Å². The first-order valence-electron chi connectivity index (χ1n) is 4.56. The summed E-state index contributed by atoms with van der Waals surface area (Å²) in [6.45, 7) is 0. The first-order valence-corrected chi connectivity index (χ1v) is 4.56. The Bertz CT molecular complexity index is 411. The molecule has 0 fully saturated rings. The van der Waals surface area contributed by atoms with Gasteiger partial charge in [-0.1, -0.05) is 0 Å². The van der Waals surface area contributed by atoms with Crippen molar-refractivity contribution < 1.29 is 14.6 Å². The van der Waals surface area contributed by atoms with E-state index in [1.54, 1.807) is 32.6 Å². The molecule has 0 heterocycles. The van der Waals surface area contributed by atoms with Crippen molar-refractivity contribution in [3.05, 3.63) is 23.8 Å². The number of nitrogens with zero attached hydrogens (tertiary/aromatic N) is 1. The Labute approximate surface area is 93.6 Å². The van der Waals surface area contributed by atoms with Gasteiger partial charge in [0.2, 0.25) is 6.21 Å². The molecule has 0 spiro atoms. The minimum absolute atomic E-state index is 0.0308. The lowest BCUT2D eigenvalue weighted by molar-refractivity contribution is -0.456. The number of nitrogens with one attached hydrogen (secondary N) is 1. The number of hydrogen-bond donors (Lipinski definition) is 3. The number of rotatable bonds is 4. The molecule has 0 atom stereocenters. The van der Waals surface area contributed by atoms with E-state index >= 15 is 0 Å². The molecule has 5 N–H and O–H groups in total. The van der Waals surface area contributed by atoms with Crippen molar-refractivity contribution in [2.75, 3.05) is 14.2 Å². The van der Waals surface area contributed by atoms with Crippen LogP contribution in [0.15, 0.2) is 23.3 Å². The largest absolute Gasteiger partial charge is 0.493 e. The van der Waals surface area contributed by atoms with Gasteiger partial charge in [-0.15, -0.1) is 5.10 Å². The van der Waals surface area contributed by atoms with E-state index < -0.39 is 0 Å². The lowest BCUT2D eigenvalue weighted by Crippen LogP contribution is -2.63. The lowest BCUT2D eigenvalue weighted by atomic mass is 10.2. The third-order valence-electron chi connectivity index (χ3n) is 1.83. The number of benzene rings is 1. The summed E-state index contributed by atoms with van der Waals surface area (Å²) in [6, 6.07) is 5.44. The second-order valence-electron chi connectivity index (χ2n) is 2.92. The van der Waals surface area contributed by atoms with Gasteiger partial charge < -0.3 is 20.9 Å². The van der Waals surface area contributed by atoms with Crippen LogP contribution in [0.1, 0.15) is 5.56 Å². The maximum absolute atomic E-state index is 5.16. The molecule has 6 heteroatoms. The predicted molar refractivity (Wildman–Crippen MR) is 61.5 cm³/mol. The molecule has 0 saturated heterocycles. The van der Waals surface area contributed by atoms with Gasteiger partial charge in [0.1, 0.15) is 0 Å². The monoisotopic (exact) mass is 223 g/mol. The molecule has 16 heavy (non-hydrogen) atoms. The molecule has 0 aliphatic rings. The highest BCUT2D eigenvalue weighted by molar-refractivity contribution is 5.77. The van der Waals surface area contributed by atoms with Gasteiger partial charge >= 0.3 is 0 Å². The zero-order valence-corrected chi connectivity index (χ0v) is 9.23. The van der Waals surface area contributed by atoms with Crippen molar-refractivity contribution in [1.82, 2.24) is 0 Å². The van der Waals surface area contributed by atoms with Crippen molar-refractivity contribution in [3.63, 3.8) is 0 Å². The Morgan fingerprint density at radius 2 is 1.94 bits per heavy atom. The van der Waals surface area contributed by atoms with E-state index in [-0.39, 0.29) is 5.96 Å². The van der Waals surface area contributed by atoms with Gasteiger partial charge in [0.05, 0.1) is 14.2 Å². The summed E-state index contributed by atoms with van der Waals surface area (Å²) >= 11 is 0. The van der Waals surface area contributed by atoms with Gasteiger partial charge in [-0.25, -0.2) is 0 Å². The molecule has 0 aromatic heterocycles. The van der Waals surface area contributed by atoms with E-state index in [0.717, 1.165) is 5.56 Å². The minimum atomic E-state index is -0.0308. The molecule has 0 unspecified atom stereocenters. The topological polar surface area (TPSA) is 96.8 Å². The average Bonchev–Trinajstić information content (AvgIpc) is 2.28. The zero-order valence-electron chi connectivity index (χ0n) is 9.23. The normalized spacial score (nSPS) is 10.1. The molecule has 0 aliphatic heterocycles. The summed E-state index contributed by atoms with van der Waals surface area (Å²) in [6.07, 6.45) is 1.64. The van der Waals surface area contributed by atoms with Crippen LogP contribution in [0.4, 0.5) is 0 Å². The maximum Gasteiger partial charge on any atom is 0.256 e. The molecule has 0 saturated carbocycles. The molecule has 1 rings (SSSR count). The fraction of sp³-hybridized carbons (Fsp3) is 0.200. The van der Waals surface area contributed by atoms with Crippen molar-refractivity contribution in [2.45, 2.75) is 0 Å². The second kappa shape index (κ2) is 5.59. The molecule has 0 amide bonds. The van der Waals surface area contributed by atoms with Crippen LogP contribution < -0.4 is 26.0 Å². The summed E-state index contributed by atoms with van der Waals surface area (Å²) in [5, 5.41) is 6.22. The van der Waals surface area contributed by atoms with E-state index in [1.807, 2.05) is 6.07 Å². The van der Waals surface area contributed by atoms with Crippen LogP contribution >= 0.6 is 0 Å². The van der Waals surface area contributed by atoms with Crippen LogP contribution in [-0.4, -0.2) is 26.4 Å². The van der Waals surface area contributed by atoms with Crippen molar-refractivity contribution in [1.29, 1.82) is 0 Å². The quantitative estimate of drug-likeness (QED) is 0.325. The van der Waals surface area contributed by atoms with Crippen LogP contribution in [0.2, 0.25) is 0 Å². The van der Waals surface area contributed by atoms with E-state index in [9.17, 15) is 0 Å². The molecule has 0 bridgehead atoms. The van der Waals surface area contributed by atoms with Crippen LogP contribution in [-0.2, 0) is 0 Å². The van der Waals surface area contributed by atoms with E-state index in [1.165, 1.54) is 0 Å². The first kappa shape index (κ1) is 11.8. The number of guanidine groups is 1. The number of hydrazone groups is 1. The lowest BCUT2D eigenvalue weighted by Gasteiger charge is -2.06. The third-order valence-corrected chi connectivity index (χ3v) is 1.83. The summed E-state index contributed by atoms with van der Waals surface area (Å²) in [5.41, 5.74) is 11.2. The smallest absolute Gasteiger partial charge is 0.256 e. The van der Waals surface area contributed by atoms with Crippen LogP contribution in [0.3, 0.4) is 0 Å². The molecule has 6 nitrogen and oxygen atoms in total. The van der Waals surface area contributed by atoms with Gasteiger partial charge in [-0.2, -0.15) is 0 Å². The van der Waals surface area contributed by atoms with Gasteiger partial charge in [0, 0.05) is 10.7 Å². The van der Waals surface area contributed by atoms with Crippen LogP contribution in [0.5, 0.6) is 11.5 Å². The summed E-state index contributed by atoms with van der Waals surface area (Å²) in [4.78, 5) is 0. The molecule has 86 valence electrons. The number of methoxy groups -OCH3 is 2. The third kappa shape index (κ3) is 3.16. The summed E-state index contributed by atoms with van der Waals surface area (Å²) in [5.74, 6) is 1.28. The molecule has 1 aromatic rings. The van der Waals surface area contributed by atoms with E-state index in [4.69, 9.17) is 20.9 Å². The summed E-state index contributed by atoms with van der Waals surface area (Å²) < 4.78 is 10.3. The van der Waals surface area contributed by atoms with Crippen LogP contribution in [0.25, 0.3) is 0 Å². The highest BCUT2D eigenvalue weighted by Crippen LogP contribution is 2.26. The molecule has 0 radical (unpaired) electrons. The maximum atomic E-state index is 5.16. The van der Waals surface area contributed by atoms with E-state index in [2.05, 4.69) is 10.2 Å².